The number of methoxy groups -OCH3 is 1. The number of carbonyl (C=O) groups is 2. The van der Waals surface area contributed by atoms with Gasteiger partial charge in [-0.3, -0.25) is 9.69 Å². The number of ether oxygens (including phenoxy) is 1. The summed E-state index contributed by atoms with van der Waals surface area (Å²) < 4.78 is 4.67. The largest absolute Gasteiger partial charge is 0.465 e. The summed E-state index contributed by atoms with van der Waals surface area (Å²) in [7, 11) is 1.35. The molecule has 26 heavy (non-hydrogen) atoms. The molecule has 1 amide bonds. The van der Waals surface area contributed by atoms with E-state index in [1.165, 1.54) is 12.7 Å². The van der Waals surface area contributed by atoms with Gasteiger partial charge in [0, 0.05) is 18.7 Å². The number of nitrogens with one attached hydrogen (secondary N) is 1. The lowest BCUT2D eigenvalue weighted by molar-refractivity contribution is 0.0600. The fourth-order valence-electron chi connectivity index (χ4n) is 2.63. The summed E-state index contributed by atoms with van der Waals surface area (Å²) in [6.45, 7) is 7.59. The number of benzene rings is 2. The van der Waals surface area contributed by atoms with Crippen molar-refractivity contribution in [3.63, 3.8) is 0 Å². The third-order valence-electron chi connectivity index (χ3n) is 4.34. The molecule has 0 aliphatic rings. The zero-order valence-electron chi connectivity index (χ0n) is 15.6. The van der Waals surface area contributed by atoms with Crippen LogP contribution < -0.4 is 5.32 Å². The van der Waals surface area contributed by atoms with E-state index >= 15 is 0 Å². The Kier molecular flexibility index (Phi) is 7.36. The van der Waals surface area contributed by atoms with Crippen LogP contribution in [0.25, 0.3) is 0 Å². The Bertz CT molecular complexity index is 720. The Balaban J connectivity index is 1.90. The van der Waals surface area contributed by atoms with Gasteiger partial charge in [0.15, 0.2) is 0 Å². The van der Waals surface area contributed by atoms with Crippen LogP contribution in [0.4, 0.5) is 0 Å². The summed E-state index contributed by atoms with van der Waals surface area (Å²) in [5.74, 6) is -0.484. The number of carbonyl (C=O) groups excluding carboxylic acids is 2. The first-order valence-corrected chi connectivity index (χ1v) is 8.84. The summed E-state index contributed by atoms with van der Waals surface area (Å²) in [5, 5.41) is 2.89. The molecule has 0 aromatic heterocycles. The molecular weight excluding hydrogens is 328 g/mol. The van der Waals surface area contributed by atoms with Crippen molar-refractivity contribution in [3.8, 4) is 0 Å². The molecule has 0 bridgehead atoms. The van der Waals surface area contributed by atoms with Crippen LogP contribution in [-0.4, -0.2) is 37.0 Å². The maximum atomic E-state index is 12.3. The molecule has 0 spiro atoms. The Morgan fingerprint density at radius 1 is 0.885 bits per heavy atom. The minimum atomic E-state index is -0.370. The highest BCUT2D eigenvalue weighted by Crippen LogP contribution is 2.09. The van der Waals surface area contributed by atoms with E-state index in [4.69, 9.17) is 0 Å². The highest BCUT2D eigenvalue weighted by atomic mass is 16.5. The number of amides is 1. The van der Waals surface area contributed by atoms with Crippen LogP contribution in [0.2, 0.25) is 0 Å². The Morgan fingerprint density at radius 2 is 1.42 bits per heavy atom. The van der Waals surface area contributed by atoms with Gasteiger partial charge in [0.25, 0.3) is 5.91 Å². The Morgan fingerprint density at radius 3 is 1.96 bits per heavy atom. The van der Waals surface area contributed by atoms with E-state index in [2.05, 4.69) is 28.8 Å². The molecule has 5 heteroatoms. The van der Waals surface area contributed by atoms with Crippen molar-refractivity contribution in [1.82, 2.24) is 10.2 Å². The Hall–Kier alpha value is -2.66. The van der Waals surface area contributed by atoms with Gasteiger partial charge in [-0.25, -0.2) is 4.79 Å². The number of esters is 1. The third kappa shape index (κ3) is 5.43. The number of nitrogens with zero attached hydrogens (tertiary/aromatic N) is 1. The first-order valence-electron chi connectivity index (χ1n) is 8.84. The molecule has 0 saturated heterocycles. The minimum Gasteiger partial charge on any atom is -0.465 e. The zero-order valence-corrected chi connectivity index (χ0v) is 15.6. The van der Waals surface area contributed by atoms with Crippen molar-refractivity contribution in [1.29, 1.82) is 0 Å². The lowest BCUT2D eigenvalue weighted by Gasteiger charge is -2.18. The van der Waals surface area contributed by atoms with Gasteiger partial charge in [-0.15, -0.1) is 0 Å². The van der Waals surface area contributed by atoms with Gasteiger partial charge >= 0.3 is 5.97 Å². The Labute approximate surface area is 155 Å². The van der Waals surface area contributed by atoms with Gasteiger partial charge in [-0.1, -0.05) is 38.1 Å². The molecule has 0 aliphatic heterocycles. The van der Waals surface area contributed by atoms with Crippen LogP contribution in [0.3, 0.4) is 0 Å². The second-order valence-electron chi connectivity index (χ2n) is 6.03. The molecule has 138 valence electrons. The zero-order chi connectivity index (χ0) is 18.9. The average Bonchev–Trinajstić information content (AvgIpc) is 2.70. The molecule has 0 heterocycles. The summed E-state index contributed by atoms with van der Waals surface area (Å²) >= 11 is 0. The topological polar surface area (TPSA) is 58.6 Å². The molecule has 0 unspecified atom stereocenters. The van der Waals surface area contributed by atoms with Gasteiger partial charge in [0.2, 0.25) is 0 Å². The van der Waals surface area contributed by atoms with Crippen molar-refractivity contribution < 1.29 is 14.3 Å². The van der Waals surface area contributed by atoms with E-state index in [0.29, 0.717) is 17.7 Å². The van der Waals surface area contributed by atoms with Gasteiger partial charge in [0.05, 0.1) is 12.7 Å². The monoisotopic (exact) mass is 354 g/mol. The molecule has 2 aromatic carbocycles. The van der Waals surface area contributed by atoms with E-state index in [1.54, 1.807) is 24.3 Å². The van der Waals surface area contributed by atoms with E-state index in [0.717, 1.165) is 25.2 Å². The molecule has 0 radical (unpaired) electrons. The molecule has 0 saturated carbocycles. The van der Waals surface area contributed by atoms with Crippen molar-refractivity contribution in [2.24, 2.45) is 0 Å². The predicted molar refractivity (Wildman–Crippen MR) is 102 cm³/mol. The van der Waals surface area contributed by atoms with Gasteiger partial charge in [-0.2, -0.15) is 0 Å². The lowest BCUT2D eigenvalue weighted by Crippen LogP contribution is -2.23. The molecule has 0 atom stereocenters. The maximum absolute atomic E-state index is 12.3. The van der Waals surface area contributed by atoms with E-state index in [-0.39, 0.29) is 11.9 Å². The summed E-state index contributed by atoms with van der Waals surface area (Å²) in [5.41, 5.74) is 3.25. The van der Waals surface area contributed by atoms with Crippen LogP contribution >= 0.6 is 0 Å². The van der Waals surface area contributed by atoms with Crippen molar-refractivity contribution in [2.45, 2.75) is 26.9 Å². The molecular formula is C21H26N2O3. The summed E-state index contributed by atoms with van der Waals surface area (Å²) in [6.07, 6.45) is 0. The normalized spacial score (nSPS) is 10.6. The highest BCUT2D eigenvalue weighted by Gasteiger charge is 2.08. The molecule has 2 aromatic rings. The SMILES string of the molecule is CCN(CC)Cc1ccc(C(=O)NCc2ccc(C(=O)OC)cc2)cc1. The van der Waals surface area contributed by atoms with Crippen LogP contribution in [-0.2, 0) is 17.8 Å². The van der Waals surface area contributed by atoms with Gasteiger partial charge in [0.1, 0.15) is 0 Å². The van der Waals surface area contributed by atoms with E-state index < -0.39 is 0 Å². The second kappa shape index (κ2) is 9.73. The van der Waals surface area contributed by atoms with Crippen molar-refractivity contribution >= 4 is 11.9 Å². The molecule has 0 fully saturated rings. The first-order chi connectivity index (χ1) is 12.6. The second-order valence-corrected chi connectivity index (χ2v) is 6.03. The number of hydrogen-bond donors (Lipinski definition) is 1. The minimum absolute atomic E-state index is 0.114. The van der Waals surface area contributed by atoms with Gasteiger partial charge in [-0.05, 0) is 48.5 Å². The third-order valence-corrected chi connectivity index (χ3v) is 4.34. The number of rotatable bonds is 8. The molecule has 1 N–H and O–H groups in total. The maximum Gasteiger partial charge on any atom is 0.337 e. The first kappa shape index (κ1) is 19.7. The molecule has 2 rings (SSSR count). The molecule has 0 aliphatic carbocycles. The molecule has 5 nitrogen and oxygen atoms in total. The highest BCUT2D eigenvalue weighted by molar-refractivity contribution is 5.94. The standard InChI is InChI=1S/C21H26N2O3/c1-4-23(5-2)15-17-8-10-18(11-9-17)20(24)22-14-16-6-12-19(13-7-16)21(25)26-3/h6-13H,4-5,14-15H2,1-3H3,(H,22,24). The number of hydrogen-bond acceptors (Lipinski definition) is 4. The van der Waals surface area contributed by atoms with Crippen LogP contribution in [0.1, 0.15) is 45.7 Å². The smallest absolute Gasteiger partial charge is 0.337 e. The summed E-state index contributed by atoms with van der Waals surface area (Å²) in [6, 6.07) is 14.7. The van der Waals surface area contributed by atoms with Crippen molar-refractivity contribution in [3.05, 3.63) is 70.8 Å². The fourth-order valence-corrected chi connectivity index (χ4v) is 2.63. The van der Waals surface area contributed by atoms with Crippen molar-refractivity contribution in [2.75, 3.05) is 20.2 Å². The lowest BCUT2D eigenvalue weighted by atomic mass is 10.1. The van der Waals surface area contributed by atoms with Crippen LogP contribution in [0, 0.1) is 0 Å². The summed E-state index contributed by atoms with van der Waals surface area (Å²) in [4.78, 5) is 26.0. The van der Waals surface area contributed by atoms with E-state index in [1.807, 2.05) is 24.3 Å². The van der Waals surface area contributed by atoms with E-state index in [9.17, 15) is 9.59 Å². The fraction of sp³-hybridized carbons (Fsp3) is 0.333. The predicted octanol–water partition coefficient (Wildman–Crippen LogP) is 3.25. The van der Waals surface area contributed by atoms with Crippen LogP contribution in [0.5, 0.6) is 0 Å². The van der Waals surface area contributed by atoms with Crippen LogP contribution in [0.15, 0.2) is 48.5 Å². The van der Waals surface area contributed by atoms with Gasteiger partial charge < -0.3 is 10.1 Å². The quantitative estimate of drug-likeness (QED) is 0.740. The average molecular weight is 354 g/mol.